The van der Waals surface area contributed by atoms with Crippen molar-refractivity contribution < 1.29 is 58.6 Å². The zero-order chi connectivity index (χ0) is 45.3. The third kappa shape index (κ3) is 12.0. The van der Waals surface area contributed by atoms with E-state index >= 15 is 0 Å². The lowest BCUT2D eigenvalue weighted by molar-refractivity contribution is -0.286. The van der Waals surface area contributed by atoms with Gasteiger partial charge in [-0.2, -0.15) is 0 Å². The van der Waals surface area contributed by atoms with Gasteiger partial charge in [0.25, 0.3) is 11.7 Å². The molecule has 4 heterocycles. The maximum absolute atomic E-state index is 14.4. The Morgan fingerprint density at radius 2 is 1.74 bits per heavy atom. The number of carbonyl (C=O) groups excluding carboxylic acids is 5. The number of amides is 1. The fraction of sp³-hybridized carbons (Fsp3) is 0.667. The molecule has 0 spiro atoms. The maximum Gasteiger partial charge on any atom is 0.329 e. The minimum atomic E-state index is -2.68. The second-order valence-corrected chi connectivity index (χ2v) is 18.5. The highest BCUT2D eigenvalue weighted by Crippen LogP contribution is 2.40. The topological polar surface area (TPSA) is 210 Å². The number of pyridine rings is 1. The van der Waals surface area contributed by atoms with E-state index in [2.05, 4.69) is 4.98 Å². The SMILES string of the molecule is CO[C@@H]1C[C@H](/C=C(\C)[C@H]2OC(=O)[C@@H]3CCCCN3C(=O)C(=O)[C@]3(O)O[C@H]([C@@H](O)C[C@@H](C)C/C(C)=C/[C@@H](C/C=C/c4ccccn4)C(=O)C[C@H](O)[C@H]2C)[C@@H](C=O)C[C@H]3C)CC[C@H]1O. The van der Waals surface area contributed by atoms with Crippen molar-refractivity contribution in [1.82, 2.24) is 9.88 Å². The largest absolute Gasteiger partial charge is 0.456 e. The van der Waals surface area contributed by atoms with Crippen molar-refractivity contribution >= 4 is 35.8 Å². The van der Waals surface area contributed by atoms with Gasteiger partial charge < -0.3 is 44.3 Å². The lowest BCUT2D eigenvalue weighted by atomic mass is 9.78. The van der Waals surface area contributed by atoms with Crippen LogP contribution in [0.15, 0.2) is 53.8 Å². The van der Waals surface area contributed by atoms with Crippen LogP contribution in [0.4, 0.5) is 0 Å². The summed E-state index contributed by atoms with van der Waals surface area (Å²) in [5.41, 5.74) is 2.18. The Morgan fingerprint density at radius 1 is 0.984 bits per heavy atom. The van der Waals surface area contributed by atoms with Crippen LogP contribution in [0.1, 0.15) is 111 Å². The Balaban J connectivity index is 1.54. The highest BCUT2D eigenvalue weighted by Gasteiger charge is 2.56. The molecule has 62 heavy (non-hydrogen) atoms. The average molecular weight is 865 g/mol. The highest BCUT2D eigenvalue weighted by molar-refractivity contribution is 6.39. The van der Waals surface area contributed by atoms with E-state index in [0.29, 0.717) is 56.8 Å². The van der Waals surface area contributed by atoms with Crippen LogP contribution in [-0.2, 0) is 38.2 Å². The number of methoxy groups -OCH3 is 1. The summed E-state index contributed by atoms with van der Waals surface area (Å²) in [5.74, 6) is -9.74. The summed E-state index contributed by atoms with van der Waals surface area (Å²) in [7, 11) is 1.55. The predicted molar refractivity (Wildman–Crippen MR) is 230 cm³/mol. The van der Waals surface area contributed by atoms with Gasteiger partial charge in [-0.1, -0.05) is 50.6 Å². The zero-order valence-corrected chi connectivity index (χ0v) is 37.1. The van der Waals surface area contributed by atoms with E-state index in [9.17, 15) is 44.4 Å². The van der Waals surface area contributed by atoms with Gasteiger partial charge in [-0.15, -0.1) is 0 Å². The Bertz CT molecular complexity index is 1820. The number of esters is 1. The first-order chi connectivity index (χ1) is 29.5. The van der Waals surface area contributed by atoms with Crippen molar-refractivity contribution in [2.75, 3.05) is 13.7 Å². The number of Topliss-reactive ketones (excluding diaryl/α,β-unsaturated/α-hetero) is 2. The van der Waals surface area contributed by atoms with E-state index in [-0.39, 0.29) is 56.0 Å². The minimum Gasteiger partial charge on any atom is -0.456 e. The number of fused-ring (bicyclic) bond motifs is 3. The molecule has 0 aromatic carbocycles. The number of aldehydes is 1. The molecule has 3 fully saturated rings. The third-order valence-electron chi connectivity index (χ3n) is 13.5. The fourth-order valence-corrected chi connectivity index (χ4v) is 9.86. The summed E-state index contributed by atoms with van der Waals surface area (Å²) in [4.78, 5) is 74.7. The van der Waals surface area contributed by atoms with E-state index in [1.165, 1.54) is 6.92 Å². The van der Waals surface area contributed by atoms with Crippen molar-refractivity contribution in [2.45, 2.75) is 154 Å². The molecule has 1 amide bonds. The van der Waals surface area contributed by atoms with Crippen LogP contribution in [0.2, 0.25) is 0 Å². The number of hydrogen-bond acceptors (Lipinski definition) is 13. The van der Waals surface area contributed by atoms with Crippen molar-refractivity contribution in [1.29, 1.82) is 0 Å². The first-order valence-electron chi connectivity index (χ1n) is 22.4. The lowest BCUT2D eigenvalue weighted by Crippen LogP contribution is -2.63. The molecule has 4 aliphatic rings. The monoisotopic (exact) mass is 864 g/mol. The molecular weight excluding hydrogens is 797 g/mol. The van der Waals surface area contributed by atoms with Crippen molar-refractivity contribution in [2.24, 2.45) is 35.5 Å². The number of aromatic nitrogens is 1. The molecule has 0 radical (unpaired) electrons. The van der Waals surface area contributed by atoms with E-state index < -0.39 is 83.7 Å². The summed E-state index contributed by atoms with van der Waals surface area (Å²) in [6.07, 6.45) is 7.36. The number of rotatable bonds is 7. The molecule has 1 aliphatic carbocycles. The van der Waals surface area contributed by atoms with Crippen molar-refractivity contribution in [3.8, 4) is 0 Å². The molecule has 14 nitrogen and oxygen atoms in total. The van der Waals surface area contributed by atoms with Gasteiger partial charge in [0.2, 0.25) is 5.79 Å². The van der Waals surface area contributed by atoms with Crippen LogP contribution in [0.5, 0.6) is 0 Å². The van der Waals surface area contributed by atoms with Crippen LogP contribution in [0, 0.1) is 35.5 Å². The molecule has 14 heteroatoms. The molecule has 1 aromatic heterocycles. The van der Waals surface area contributed by atoms with Crippen molar-refractivity contribution in [3.05, 3.63) is 59.5 Å². The van der Waals surface area contributed by atoms with Crippen LogP contribution in [-0.4, -0.2) is 122 Å². The van der Waals surface area contributed by atoms with Gasteiger partial charge in [0, 0.05) is 49.9 Å². The molecule has 2 bridgehead atoms. The molecule has 2 saturated heterocycles. The summed E-state index contributed by atoms with van der Waals surface area (Å²) >= 11 is 0. The number of ketones is 2. The number of piperidine rings is 1. The molecular formula is C48H68N2O12. The van der Waals surface area contributed by atoms with Crippen LogP contribution >= 0.6 is 0 Å². The number of nitrogens with zero attached hydrogens (tertiary/aromatic N) is 2. The van der Waals surface area contributed by atoms with E-state index in [0.717, 1.165) is 16.2 Å². The molecule has 0 unspecified atom stereocenters. The van der Waals surface area contributed by atoms with Gasteiger partial charge in [-0.25, -0.2) is 4.79 Å². The summed E-state index contributed by atoms with van der Waals surface area (Å²) in [6, 6.07) is 4.31. The quantitative estimate of drug-likeness (QED) is 0.127. The Hall–Kier alpha value is -3.92. The van der Waals surface area contributed by atoms with Gasteiger partial charge in [-0.3, -0.25) is 19.4 Å². The van der Waals surface area contributed by atoms with Gasteiger partial charge in [0.15, 0.2) is 0 Å². The van der Waals surface area contributed by atoms with Gasteiger partial charge in [0.1, 0.15) is 24.2 Å². The molecule has 342 valence electrons. The van der Waals surface area contributed by atoms with E-state index in [1.54, 1.807) is 27.2 Å². The first kappa shape index (κ1) is 49.1. The van der Waals surface area contributed by atoms with Crippen LogP contribution < -0.4 is 0 Å². The number of ether oxygens (including phenoxy) is 3. The van der Waals surface area contributed by atoms with E-state index in [1.807, 2.05) is 56.4 Å². The summed E-state index contributed by atoms with van der Waals surface area (Å²) < 4.78 is 17.8. The highest BCUT2D eigenvalue weighted by atomic mass is 16.6. The molecule has 1 aromatic rings. The van der Waals surface area contributed by atoms with Crippen LogP contribution in [0.3, 0.4) is 0 Å². The maximum atomic E-state index is 14.4. The first-order valence-corrected chi connectivity index (χ1v) is 22.4. The zero-order valence-electron chi connectivity index (χ0n) is 37.1. The second kappa shape index (κ2) is 22.1. The minimum absolute atomic E-state index is 0.0207. The number of aliphatic hydroxyl groups is 4. The summed E-state index contributed by atoms with van der Waals surface area (Å²) in [5, 5.41) is 45.8. The normalized spacial score (nSPS) is 38.7. The number of aliphatic hydroxyl groups excluding tert-OH is 3. The fourth-order valence-electron chi connectivity index (χ4n) is 9.86. The standard InChI is InChI=1S/C48H68N2O12/c1-28-20-29(2)22-41(55)44-35(27-51)24-31(4)48(59,62-44)45(56)46(57)50-19-10-8-15-37(50)47(58)61-43(30(3)23-33-16-17-38(52)42(25-33)60-6)32(5)39(53)26-40(54)34(21-28)12-11-14-36-13-7-9-18-49-36/h7,9,11,13-14,18,21,23,27,29,31-35,37-39,41-44,52-53,55,59H,8,10,12,15-17,19-20,22,24-26H2,1-6H3/b14-11+,28-21+,30-23+/t29-,31+,32+,33-,34+,35+,37-,38+,39-,41-,42+,43+,44-,48+/m0/s1. The number of carbonyl (C=O) groups is 5. The number of hydrogen-bond donors (Lipinski definition) is 4. The lowest BCUT2D eigenvalue weighted by Gasteiger charge is -2.45. The Labute approximate surface area is 365 Å². The molecule has 1 saturated carbocycles. The smallest absolute Gasteiger partial charge is 0.329 e. The number of cyclic esters (lactones) is 1. The molecule has 3 aliphatic heterocycles. The van der Waals surface area contributed by atoms with E-state index in [4.69, 9.17) is 14.2 Å². The molecule has 14 atom stereocenters. The third-order valence-corrected chi connectivity index (χ3v) is 13.5. The second-order valence-electron chi connectivity index (χ2n) is 18.5. The Morgan fingerprint density at radius 3 is 2.44 bits per heavy atom. The van der Waals surface area contributed by atoms with Gasteiger partial charge >= 0.3 is 5.97 Å². The average Bonchev–Trinajstić information content (AvgIpc) is 3.25. The van der Waals surface area contributed by atoms with Gasteiger partial charge in [-0.05, 0) is 114 Å². The number of allylic oxidation sites excluding steroid dienone is 4. The predicted octanol–water partition coefficient (Wildman–Crippen LogP) is 4.71. The Kier molecular flexibility index (Phi) is 17.5. The summed E-state index contributed by atoms with van der Waals surface area (Å²) in [6.45, 7) is 8.80. The van der Waals surface area contributed by atoms with Crippen LogP contribution in [0.25, 0.3) is 6.08 Å². The molecule has 4 N–H and O–H groups in total. The molecule has 5 rings (SSSR count). The van der Waals surface area contributed by atoms with Gasteiger partial charge in [0.05, 0.1) is 36.2 Å². The van der Waals surface area contributed by atoms with Crippen molar-refractivity contribution in [3.63, 3.8) is 0 Å².